The van der Waals surface area contributed by atoms with E-state index in [0.717, 1.165) is 22.4 Å². The number of aryl methyl sites for hydroxylation is 3. The van der Waals surface area contributed by atoms with E-state index in [9.17, 15) is 14.7 Å². The molecule has 1 aromatic rings. The molecule has 0 unspecified atom stereocenters. The number of rotatable bonds is 3. The monoisotopic (exact) mass is 287 g/mol. The lowest BCUT2D eigenvalue weighted by molar-refractivity contribution is -0.146. The molecule has 2 N–H and O–H groups in total. The molecule has 1 aromatic carbocycles. The minimum Gasteiger partial charge on any atom is -0.481 e. The molecule has 4 nitrogen and oxygen atoms in total. The highest BCUT2D eigenvalue weighted by Crippen LogP contribution is 2.29. The molecule has 21 heavy (non-hydrogen) atoms. The van der Waals surface area contributed by atoms with E-state index < -0.39 is 17.8 Å². The smallest absolute Gasteiger partial charge is 0.307 e. The average molecular weight is 287 g/mol. The summed E-state index contributed by atoms with van der Waals surface area (Å²) in [6, 6.07) is 4.02. The van der Waals surface area contributed by atoms with Crippen molar-refractivity contribution in [3.8, 4) is 0 Å². The van der Waals surface area contributed by atoms with Crippen LogP contribution in [0.2, 0.25) is 0 Å². The second kappa shape index (κ2) is 6.12. The van der Waals surface area contributed by atoms with Crippen LogP contribution in [-0.2, 0) is 9.59 Å². The lowest BCUT2D eigenvalue weighted by Gasteiger charge is -2.25. The molecule has 0 heterocycles. The summed E-state index contributed by atoms with van der Waals surface area (Å²) in [6.45, 7) is 5.91. The molecule has 112 valence electrons. The van der Waals surface area contributed by atoms with E-state index in [-0.39, 0.29) is 5.91 Å². The van der Waals surface area contributed by atoms with Crippen molar-refractivity contribution in [2.24, 2.45) is 11.8 Å². The van der Waals surface area contributed by atoms with E-state index in [2.05, 4.69) is 5.32 Å². The van der Waals surface area contributed by atoms with Gasteiger partial charge in [0.25, 0.3) is 0 Å². The van der Waals surface area contributed by atoms with Gasteiger partial charge in [0.05, 0.1) is 11.8 Å². The molecule has 0 saturated heterocycles. The fourth-order valence-electron chi connectivity index (χ4n) is 2.97. The standard InChI is InChI=1S/C17H21NO3/c1-10-8-11(2)15(12(3)9-10)18-16(19)13-6-4-5-7-14(13)17(20)21/h4-5,8-9,13-14H,6-7H2,1-3H3,(H,18,19)(H,20,21)/t13-,14+/m1/s1. The number of carbonyl (C=O) groups is 2. The van der Waals surface area contributed by atoms with E-state index in [0.29, 0.717) is 12.8 Å². The maximum atomic E-state index is 12.5. The molecular formula is C17H21NO3. The number of hydrogen-bond acceptors (Lipinski definition) is 2. The molecule has 0 bridgehead atoms. The summed E-state index contributed by atoms with van der Waals surface area (Å²) in [6.07, 6.45) is 4.62. The maximum Gasteiger partial charge on any atom is 0.307 e. The predicted molar refractivity (Wildman–Crippen MR) is 82.3 cm³/mol. The summed E-state index contributed by atoms with van der Waals surface area (Å²) < 4.78 is 0. The quantitative estimate of drug-likeness (QED) is 0.839. The number of carboxylic acid groups (broad SMARTS) is 1. The van der Waals surface area contributed by atoms with E-state index in [1.807, 2.05) is 45.1 Å². The van der Waals surface area contributed by atoms with Crippen LogP contribution in [0.4, 0.5) is 5.69 Å². The van der Waals surface area contributed by atoms with Crippen LogP contribution in [0.5, 0.6) is 0 Å². The number of benzene rings is 1. The first-order chi connectivity index (χ1) is 9.90. The Labute approximate surface area is 124 Å². The van der Waals surface area contributed by atoms with E-state index in [1.54, 1.807) is 0 Å². The van der Waals surface area contributed by atoms with Gasteiger partial charge < -0.3 is 10.4 Å². The minimum absolute atomic E-state index is 0.207. The van der Waals surface area contributed by atoms with Gasteiger partial charge in [-0.1, -0.05) is 29.8 Å². The Balaban J connectivity index is 2.21. The zero-order chi connectivity index (χ0) is 15.6. The van der Waals surface area contributed by atoms with Crippen molar-refractivity contribution in [2.75, 3.05) is 5.32 Å². The van der Waals surface area contributed by atoms with E-state index in [1.165, 1.54) is 0 Å². The lowest BCUT2D eigenvalue weighted by Crippen LogP contribution is -2.35. The van der Waals surface area contributed by atoms with Gasteiger partial charge in [-0.05, 0) is 44.7 Å². The molecular weight excluding hydrogens is 266 g/mol. The van der Waals surface area contributed by atoms with Crippen molar-refractivity contribution in [2.45, 2.75) is 33.6 Å². The van der Waals surface area contributed by atoms with Gasteiger partial charge in [0.2, 0.25) is 5.91 Å². The zero-order valence-corrected chi connectivity index (χ0v) is 12.6. The van der Waals surface area contributed by atoms with Crippen molar-refractivity contribution in [1.82, 2.24) is 0 Å². The third-order valence-corrected chi connectivity index (χ3v) is 4.01. The van der Waals surface area contributed by atoms with Gasteiger partial charge in [-0.25, -0.2) is 0 Å². The minimum atomic E-state index is -0.906. The molecule has 0 radical (unpaired) electrons. The van der Waals surface area contributed by atoms with Crippen molar-refractivity contribution in [3.05, 3.63) is 41.0 Å². The van der Waals surface area contributed by atoms with Crippen LogP contribution in [0.1, 0.15) is 29.5 Å². The number of allylic oxidation sites excluding steroid dienone is 2. The molecule has 0 saturated carbocycles. The van der Waals surface area contributed by atoms with Gasteiger partial charge in [0.1, 0.15) is 0 Å². The fourth-order valence-corrected chi connectivity index (χ4v) is 2.97. The van der Waals surface area contributed by atoms with Gasteiger partial charge in [-0.3, -0.25) is 9.59 Å². The zero-order valence-electron chi connectivity index (χ0n) is 12.6. The highest BCUT2D eigenvalue weighted by molar-refractivity contribution is 5.96. The Hall–Kier alpha value is -2.10. The topological polar surface area (TPSA) is 66.4 Å². The Morgan fingerprint density at radius 2 is 1.57 bits per heavy atom. The summed E-state index contributed by atoms with van der Waals surface area (Å²) in [5.74, 6) is -2.26. The van der Waals surface area contributed by atoms with Gasteiger partial charge in [0.15, 0.2) is 0 Å². The summed E-state index contributed by atoms with van der Waals surface area (Å²) >= 11 is 0. The van der Waals surface area contributed by atoms with Crippen LogP contribution in [0.3, 0.4) is 0 Å². The second-order valence-corrected chi connectivity index (χ2v) is 5.76. The Morgan fingerprint density at radius 1 is 1.05 bits per heavy atom. The Morgan fingerprint density at radius 3 is 2.10 bits per heavy atom. The first kappa shape index (κ1) is 15.3. The van der Waals surface area contributed by atoms with E-state index in [4.69, 9.17) is 0 Å². The molecule has 0 fully saturated rings. The maximum absolute atomic E-state index is 12.5. The fraction of sp³-hybridized carbons (Fsp3) is 0.412. The number of carboxylic acids is 1. The number of nitrogens with one attached hydrogen (secondary N) is 1. The Bertz CT molecular complexity index is 581. The predicted octanol–water partition coefficient (Wildman–Crippen LogP) is 3.22. The molecule has 0 spiro atoms. The van der Waals surface area contributed by atoms with Crippen LogP contribution >= 0.6 is 0 Å². The van der Waals surface area contributed by atoms with E-state index >= 15 is 0 Å². The highest BCUT2D eigenvalue weighted by Gasteiger charge is 2.34. The summed E-state index contributed by atoms with van der Waals surface area (Å²) in [5, 5.41) is 12.2. The van der Waals surface area contributed by atoms with Crippen molar-refractivity contribution >= 4 is 17.6 Å². The molecule has 0 aromatic heterocycles. The van der Waals surface area contributed by atoms with Crippen LogP contribution in [0.15, 0.2) is 24.3 Å². The van der Waals surface area contributed by atoms with Gasteiger partial charge >= 0.3 is 5.97 Å². The van der Waals surface area contributed by atoms with Crippen molar-refractivity contribution in [1.29, 1.82) is 0 Å². The molecule has 1 aliphatic rings. The molecule has 1 aliphatic carbocycles. The third kappa shape index (κ3) is 3.32. The molecule has 2 atom stereocenters. The number of anilines is 1. The average Bonchev–Trinajstić information content (AvgIpc) is 2.42. The molecule has 2 rings (SSSR count). The largest absolute Gasteiger partial charge is 0.481 e. The first-order valence-electron chi connectivity index (χ1n) is 7.16. The highest BCUT2D eigenvalue weighted by atomic mass is 16.4. The van der Waals surface area contributed by atoms with Crippen molar-refractivity contribution in [3.63, 3.8) is 0 Å². The van der Waals surface area contributed by atoms with Gasteiger partial charge in [-0.2, -0.15) is 0 Å². The molecule has 1 amide bonds. The SMILES string of the molecule is Cc1cc(C)c(NC(=O)[C@@H]2CC=CC[C@@H]2C(=O)O)c(C)c1. The summed E-state index contributed by atoms with van der Waals surface area (Å²) in [4.78, 5) is 23.7. The van der Waals surface area contributed by atoms with Gasteiger partial charge in [-0.15, -0.1) is 0 Å². The Kier molecular flexibility index (Phi) is 4.46. The lowest BCUT2D eigenvalue weighted by atomic mass is 9.82. The van der Waals surface area contributed by atoms with Crippen molar-refractivity contribution < 1.29 is 14.7 Å². The van der Waals surface area contributed by atoms with Crippen LogP contribution in [0.25, 0.3) is 0 Å². The van der Waals surface area contributed by atoms with Gasteiger partial charge in [0, 0.05) is 5.69 Å². The number of hydrogen-bond donors (Lipinski definition) is 2. The van der Waals surface area contributed by atoms with Crippen LogP contribution < -0.4 is 5.32 Å². The summed E-state index contributed by atoms with van der Waals surface area (Å²) in [5.41, 5.74) is 3.94. The number of carbonyl (C=O) groups excluding carboxylic acids is 1. The first-order valence-corrected chi connectivity index (χ1v) is 7.16. The normalized spacial score (nSPS) is 21.1. The third-order valence-electron chi connectivity index (χ3n) is 4.01. The second-order valence-electron chi connectivity index (χ2n) is 5.76. The molecule has 0 aliphatic heterocycles. The summed E-state index contributed by atoms with van der Waals surface area (Å²) in [7, 11) is 0. The van der Waals surface area contributed by atoms with Crippen LogP contribution in [0, 0.1) is 32.6 Å². The number of aliphatic carboxylic acids is 1. The molecule has 4 heteroatoms. The van der Waals surface area contributed by atoms with Crippen LogP contribution in [-0.4, -0.2) is 17.0 Å². The number of amides is 1.